The van der Waals surface area contributed by atoms with Crippen molar-refractivity contribution in [2.45, 2.75) is 12.0 Å². The molecule has 3 rings (SSSR count). The highest BCUT2D eigenvalue weighted by Crippen LogP contribution is 2.29. The highest BCUT2D eigenvalue weighted by atomic mass is 35.5. The molecule has 0 unspecified atom stereocenters. The molecule has 1 amide bonds. The summed E-state index contributed by atoms with van der Waals surface area (Å²) in [6.45, 7) is 0. The number of benzene rings is 2. The third kappa shape index (κ3) is 2.84. The van der Waals surface area contributed by atoms with Crippen LogP contribution in [0.2, 0.25) is 5.02 Å². The molecule has 2 aromatic carbocycles. The highest BCUT2D eigenvalue weighted by Gasteiger charge is 2.30. The molecule has 2 atom stereocenters. The topological polar surface area (TPSA) is 55.1 Å². The minimum atomic E-state index is -0.598. The molecule has 21 heavy (non-hydrogen) atoms. The Labute approximate surface area is 128 Å². The molecule has 0 fully saturated rings. The van der Waals surface area contributed by atoms with Crippen LogP contribution in [0.25, 0.3) is 5.70 Å². The number of halogens is 1. The van der Waals surface area contributed by atoms with E-state index in [0.29, 0.717) is 5.02 Å². The first kappa shape index (κ1) is 13.9. The third-order valence-electron chi connectivity index (χ3n) is 3.63. The SMILES string of the molecule is N[C@H]1C(=O)NC(c2ccccc2)=C[C@@H]1c1ccc(Cl)cc1. The fraction of sp³-hybridized carbons (Fsp3) is 0.118. The number of rotatable bonds is 2. The Bertz CT molecular complexity index is 680. The normalized spacial score (nSPS) is 21.6. The maximum absolute atomic E-state index is 12.1. The van der Waals surface area contributed by atoms with E-state index >= 15 is 0 Å². The van der Waals surface area contributed by atoms with E-state index in [0.717, 1.165) is 16.8 Å². The van der Waals surface area contributed by atoms with Crippen molar-refractivity contribution in [2.24, 2.45) is 5.73 Å². The lowest BCUT2D eigenvalue weighted by molar-refractivity contribution is -0.121. The summed E-state index contributed by atoms with van der Waals surface area (Å²) in [5.41, 5.74) is 8.79. The van der Waals surface area contributed by atoms with Crippen LogP contribution in [-0.4, -0.2) is 11.9 Å². The zero-order valence-electron chi connectivity index (χ0n) is 11.3. The van der Waals surface area contributed by atoms with Gasteiger partial charge in [0.15, 0.2) is 0 Å². The molecule has 3 nitrogen and oxygen atoms in total. The molecule has 0 aromatic heterocycles. The van der Waals surface area contributed by atoms with E-state index in [2.05, 4.69) is 5.32 Å². The Hall–Kier alpha value is -2.10. The molecular formula is C17H15ClN2O. The maximum Gasteiger partial charge on any atom is 0.242 e. The molecule has 4 heteroatoms. The van der Waals surface area contributed by atoms with Gasteiger partial charge in [-0.25, -0.2) is 0 Å². The lowest BCUT2D eigenvalue weighted by Crippen LogP contribution is -2.46. The second-order valence-electron chi connectivity index (χ2n) is 5.04. The third-order valence-corrected chi connectivity index (χ3v) is 3.89. The van der Waals surface area contributed by atoms with Crippen LogP contribution in [-0.2, 0) is 4.79 Å². The van der Waals surface area contributed by atoms with Gasteiger partial charge in [0.25, 0.3) is 0 Å². The van der Waals surface area contributed by atoms with E-state index in [1.54, 1.807) is 0 Å². The van der Waals surface area contributed by atoms with Crippen LogP contribution < -0.4 is 11.1 Å². The molecule has 2 aromatic rings. The summed E-state index contributed by atoms with van der Waals surface area (Å²) in [6, 6.07) is 16.6. The molecule has 0 spiro atoms. The smallest absolute Gasteiger partial charge is 0.242 e. The summed E-state index contributed by atoms with van der Waals surface area (Å²) < 4.78 is 0. The van der Waals surface area contributed by atoms with Crippen molar-refractivity contribution in [1.82, 2.24) is 5.32 Å². The van der Waals surface area contributed by atoms with Crippen molar-refractivity contribution >= 4 is 23.2 Å². The van der Waals surface area contributed by atoms with Crippen molar-refractivity contribution in [3.8, 4) is 0 Å². The first-order valence-corrected chi connectivity index (χ1v) is 7.12. The van der Waals surface area contributed by atoms with Gasteiger partial charge in [-0.3, -0.25) is 4.79 Å². The van der Waals surface area contributed by atoms with Gasteiger partial charge in [-0.05, 0) is 23.3 Å². The largest absolute Gasteiger partial charge is 0.324 e. The second-order valence-corrected chi connectivity index (χ2v) is 5.48. The minimum absolute atomic E-state index is 0.161. The number of nitrogens with two attached hydrogens (primary N) is 1. The van der Waals surface area contributed by atoms with Gasteiger partial charge in [0.1, 0.15) is 0 Å². The standard InChI is InChI=1S/C17H15ClN2O/c18-13-8-6-11(7-9-13)14-10-15(20-17(21)16(14)19)12-4-2-1-3-5-12/h1-10,14,16H,19H2,(H,20,21)/t14-,16-/m1/s1. The quantitative estimate of drug-likeness (QED) is 0.895. The lowest BCUT2D eigenvalue weighted by Gasteiger charge is -2.28. The molecule has 0 radical (unpaired) electrons. The van der Waals surface area contributed by atoms with Gasteiger partial charge in [-0.15, -0.1) is 0 Å². The maximum atomic E-state index is 12.1. The Morgan fingerprint density at radius 3 is 2.33 bits per heavy atom. The van der Waals surface area contributed by atoms with E-state index in [9.17, 15) is 4.79 Å². The van der Waals surface area contributed by atoms with Crippen LogP contribution in [0.4, 0.5) is 0 Å². The molecule has 0 saturated carbocycles. The highest BCUT2D eigenvalue weighted by molar-refractivity contribution is 6.30. The number of amides is 1. The number of nitrogens with one attached hydrogen (secondary N) is 1. The number of hydrogen-bond acceptors (Lipinski definition) is 2. The summed E-state index contributed by atoms with van der Waals surface area (Å²) in [7, 11) is 0. The Kier molecular flexibility index (Phi) is 3.78. The van der Waals surface area contributed by atoms with Gasteiger partial charge >= 0.3 is 0 Å². The lowest BCUT2D eigenvalue weighted by atomic mass is 9.87. The van der Waals surface area contributed by atoms with Crippen molar-refractivity contribution in [2.75, 3.05) is 0 Å². The van der Waals surface area contributed by atoms with Gasteiger partial charge < -0.3 is 11.1 Å². The van der Waals surface area contributed by atoms with E-state index < -0.39 is 6.04 Å². The van der Waals surface area contributed by atoms with Crippen molar-refractivity contribution in [3.63, 3.8) is 0 Å². The van der Waals surface area contributed by atoms with Crippen LogP contribution in [0.3, 0.4) is 0 Å². The van der Waals surface area contributed by atoms with Crippen LogP contribution in [0.1, 0.15) is 17.0 Å². The molecule has 3 N–H and O–H groups in total. The first-order valence-electron chi connectivity index (χ1n) is 6.74. The molecule has 1 aliphatic rings. The minimum Gasteiger partial charge on any atom is -0.324 e. The monoisotopic (exact) mass is 298 g/mol. The van der Waals surface area contributed by atoms with E-state index in [4.69, 9.17) is 17.3 Å². The summed E-state index contributed by atoms with van der Waals surface area (Å²) >= 11 is 5.91. The zero-order valence-corrected chi connectivity index (χ0v) is 12.0. The van der Waals surface area contributed by atoms with Crippen molar-refractivity contribution in [1.29, 1.82) is 0 Å². The molecule has 0 aliphatic carbocycles. The Morgan fingerprint density at radius 2 is 1.67 bits per heavy atom. The molecular weight excluding hydrogens is 284 g/mol. The average molecular weight is 299 g/mol. The molecule has 0 bridgehead atoms. The number of carbonyl (C=O) groups excluding carboxylic acids is 1. The van der Waals surface area contributed by atoms with Crippen molar-refractivity contribution < 1.29 is 4.79 Å². The van der Waals surface area contributed by atoms with E-state index in [1.165, 1.54) is 0 Å². The average Bonchev–Trinajstić information content (AvgIpc) is 2.52. The molecule has 1 heterocycles. The van der Waals surface area contributed by atoms with Crippen molar-refractivity contribution in [3.05, 3.63) is 76.8 Å². The fourth-order valence-electron chi connectivity index (χ4n) is 2.48. The number of hydrogen-bond donors (Lipinski definition) is 2. The second kappa shape index (κ2) is 5.72. The summed E-state index contributed by atoms with van der Waals surface area (Å²) in [6.07, 6.45) is 2.00. The predicted octanol–water partition coefficient (Wildman–Crippen LogP) is 2.92. The number of carbonyl (C=O) groups is 1. The molecule has 0 saturated heterocycles. The van der Waals surface area contributed by atoms with E-state index in [1.807, 2.05) is 60.7 Å². The summed E-state index contributed by atoms with van der Waals surface area (Å²) in [4.78, 5) is 12.1. The first-order chi connectivity index (χ1) is 10.1. The zero-order chi connectivity index (χ0) is 14.8. The summed E-state index contributed by atoms with van der Waals surface area (Å²) in [5, 5.41) is 3.53. The Morgan fingerprint density at radius 1 is 1.00 bits per heavy atom. The van der Waals surface area contributed by atoms with Crippen LogP contribution in [0.5, 0.6) is 0 Å². The van der Waals surface area contributed by atoms with Gasteiger partial charge in [-0.2, -0.15) is 0 Å². The Balaban J connectivity index is 2.01. The van der Waals surface area contributed by atoms with Gasteiger partial charge in [0.2, 0.25) is 5.91 Å². The van der Waals surface area contributed by atoms with Gasteiger partial charge in [0.05, 0.1) is 6.04 Å². The summed E-state index contributed by atoms with van der Waals surface area (Å²) in [5.74, 6) is -0.331. The molecule has 1 aliphatic heterocycles. The van der Waals surface area contributed by atoms with Crippen LogP contribution >= 0.6 is 11.6 Å². The fourth-order valence-corrected chi connectivity index (χ4v) is 2.60. The van der Waals surface area contributed by atoms with Gasteiger partial charge in [-0.1, -0.05) is 60.1 Å². The molecule has 106 valence electrons. The van der Waals surface area contributed by atoms with Crippen LogP contribution in [0, 0.1) is 0 Å². The van der Waals surface area contributed by atoms with E-state index in [-0.39, 0.29) is 11.8 Å². The van der Waals surface area contributed by atoms with Gasteiger partial charge in [0, 0.05) is 16.6 Å². The predicted molar refractivity (Wildman–Crippen MR) is 84.7 cm³/mol. The van der Waals surface area contributed by atoms with Crippen LogP contribution in [0.15, 0.2) is 60.7 Å².